The number of methoxy groups -OCH3 is 1. The van der Waals surface area contributed by atoms with Crippen LogP contribution in [0.5, 0.6) is 5.88 Å². The number of nitrogens with one attached hydrogen (secondary N) is 1. The number of aromatic nitrogens is 1. The lowest BCUT2D eigenvalue weighted by Crippen LogP contribution is -2.15. The van der Waals surface area contributed by atoms with Gasteiger partial charge in [-0.1, -0.05) is 0 Å². The van der Waals surface area contributed by atoms with Crippen molar-refractivity contribution in [3.63, 3.8) is 0 Å². The molecule has 0 aromatic carbocycles. The Morgan fingerprint density at radius 1 is 1.79 bits per heavy atom. The number of nitrogens with zero attached hydrogens (tertiary/aromatic N) is 1. The van der Waals surface area contributed by atoms with Gasteiger partial charge in [-0.15, -0.1) is 0 Å². The highest BCUT2D eigenvalue weighted by molar-refractivity contribution is 7.06. The molecule has 0 radical (unpaired) electrons. The van der Waals surface area contributed by atoms with Gasteiger partial charge in [-0.25, -0.2) is 0 Å². The van der Waals surface area contributed by atoms with Gasteiger partial charge in [0.05, 0.1) is 18.1 Å². The van der Waals surface area contributed by atoms with Crippen LogP contribution in [0.2, 0.25) is 0 Å². The van der Waals surface area contributed by atoms with Crippen LogP contribution in [0.15, 0.2) is 6.07 Å². The van der Waals surface area contributed by atoms with Crippen LogP contribution in [0.1, 0.15) is 17.4 Å². The minimum absolute atomic E-state index is 0.320. The van der Waals surface area contributed by atoms with Crippen molar-refractivity contribution in [3.05, 3.63) is 10.9 Å². The first-order valence-electron chi connectivity index (χ1n) is 4.70. The number of rotatable bonds is 3. The van der Waals surface area contributed by atoms with Gasteiger partial charge in [0.2, 0.25) is 5.88 Å². The van der Waals surface area contributed by atoms with Gasteiger partial charge in [-0.2, -0.15) is 4.37 Å². The maximum Gasteiger partial charge on any atom is 0.225 e. The van der Waals surface area contributed by atoms with E-state index in [4.69, 9.17) is 4.74 Å². The zero-order valence-corrected chi connectivity index (χ0v) is 8.88. The van der Waals surface area contributed by atoms with Gasteiger partial charge in [-0.3, -0.25) is 0 Å². The summed E-state index contributed by atoms with van der Waals surface area (Å²) in [7, 11) is 1.59. The fourth-order valence-electron chi connectivity index (χ4n) is 1.69. The molecular formula is C9H14N2O2S. The Morgan fingerprint density at radius 2 is 2.64 bits per heavy atom. The number of hydrogen-bond acceptors (Lipinski definition) is 5. The molecule has 0 saturated carbocycles. The third-order valence-corrected chi connectivity index (χ3v) is 3.39. The molecule has 2 atom stereocenters. The standard InChI is InChI=1S/C9H14N2O2S/c1-13-8-4-7(14-11-8)9(12)6-2-3-10-5-6/h4,6,9-10,12H,2-3,5H2,1H3. The Bertz CT molecular complexity index is 297. The lowest BCUT2D eigenvalue weighted by Gasteiger charge is -2.14. The van der Waals surface area contributed by atoms with Crippen molar-refractivity contribution in [1.29, 1.82) is 0 Å². The van der Waals surface area contributed by atoms with Crippen LogP contribution in [0, 0.1) is 5.92 Å². The lowest BCUT2D eigenvalue weighted by molar-refractivity contribution is 0.121. The Morgan fingerprint density at radius 3 is 3.21 bits per heavy atom. The molecule has 4 nitrogen and oxygen atoms in total. The van der Waals surface area contributed by atoms with Crippen LogP contribution in [-0.4, -0.2) is 29.7 Å². The molecule has 0 amide bonds. The number of hydrogen-bond donors (Lipinski definition) is 2. The van der Waals surface area contributed by atoms with Gasteiger partial charge in [0, 0.05) is 18.5 Å². The van der Waals surface area contributed by atoms with Gasteiger partial charge >= 0.3 is 0 Å². The van der Waals surface area contributed by atoms with Crippen molar-refractivity contribution in [2.24, 2.45) is 5.92 Å². The molecule has 14 heavy (non-hydrogen) atoms. The highest BCUT2D eigenvalue weighted by atomic mass is 32.1. The first-order valence-corrected chi connectivity index (χ1v) is 5.48. The molecule has 1 aromatic rings. The molecule has 0 bridgehead atoms. The second-order valence-electron chi connectivity index (χ2n) is 3.47. The molecule has 1 aromatic heterocycles. The van der Waals surface area contributed by atoms with Crippen LogP contribution < -0.4 is 10.1 Å². The van der Waals surface area contributed by atoms with Crippen molar-refractivity contribution in [2.75, 3.05) is 20.2 Å². The van der Waals surface area contributed by atoms with E-state index in [1.54, 1.807) is 7.11 Å². The molecule has 2 heterocycles. The molecule has 1 aliphatic rings. The average molecular weight is 214 g/mol. The molecule has 5 heteroatoms. The average Bonchev–Trinajstić information content (AvgIpc) is 2.88. The number of aliphatic hydroxyl groups excluding tert-OH is 1. The van der Waals surface area contributed by atoms with Crippen molar-refractivity contribution in [2.45, 2.75) is 12.5 Å². The van der Waals surface area contributed by atoms with Crippen molar-refractivity contribution in [3.8, 4) is 5.88 Å². The quantitative estimate of drug-likeness (QED) is 0.781. The van der Waals surface area contributed by atoms with Gasteiger partial charge in [0.15, 0.2) is 0 Å². The van der Waals surface area contributed by atoms with E-state index >= 15 is 0 Å². The predicted octanol–water partition coefficient (Wildman–Crippen LogP) is 0.795. The van der Waals surface area contributed by atoms with E-state index in [-0.39, 0.29) is 0 Å². The largest absolute Gasteiger partial charge is 0.480 e. The maximum absolute atomic E-state index is 10.0. The number of aliphatic hydroxyl groups is 1. The summed E-state index contributed by atoms with van der Waals surface area (Å²) in [6.07, 6.45) is 0.632. The molecule has 2 N–H and O–H groups in total. The van der Waals surface area contributed by atoms with E-state index in [0.717, 1.165) is 24.4 Å². The minimum Gasteiger partial charge on any atom is -0.480 e. The van der Waals surface area contributed by atoms with Crippen molar-refractivity contribution >= 4 is 11.5 Å². The smallest absolute Gasteiger partial charge is 0.225 e. The summed E-state index contributed by atoms with van der Waals surface area (Å²) in [5.41, 5.74) is 0. The molecule has 0 spiro atoms. The normalized spacial score (nSPS) is 23.7. The van der Waals surface area contributed by atoms with Crippen LogP contribution in [0.25, 0.3) is 0 Å². The molecule has 1 aliphatic heterocycles. The van der Waals surface area contributed by atoms with E-state index in [0.29, 0.717) is 11.8 Å². The summed E-state index contributed by atoms with van der Waals surface area (Å²) >= 11 is 1.32. The van der Waals surface area contributed by atoms with Gasteiger partial charge in [-0.05, 0) is 24.5 Å². The van der Waals surface area contributed by atoms with E-state index < -0.39 is 6.10 Å². The summed E-state index contributed by atoms with van der Waals surface area (Å²) in [6, 6.07) is 1.81. The molecule has 1 fully saturated rings. The Labute approximate surface area is 87.1 Å². The number of ether oxygens (including phenoxy) is 1. The Hall–Kier alpha value is -0.650. The van der Waals surface area contributed by atoms with Gasteiger partial charge < -0.3 is 15.2 Å². The van der Waals surface area contributed by atoms with Gasteiger partial charge in [0.25, 0.3) is 0 Å². The summed E-state index contributed by atoms with van der Waals surface area (Å²) in [5, 5.41) is 13.2. The topological polar surface area (TPSA) is 54.4 Å². The molecule has 0 aliphatic carbocycles. The summed E-state index contributed by atoms with van der Waals surface area (Å²) in [4.78, 5) is 0.899. The molecular weight excluding hydrogens is 200 g/mol. The highest BCUT2D eigenvalue weighted by Gasteiger charge is 2.25. The summed E-state index contributed by atoms with van der Waals surface area (Å²) < 4.78 is 9.05. The zero-order chi connectivity index (χ0) is 9.97. The van der Waals surface area contributed by atoms with E-state index in [1.165, 1.54) is 11.5 Å². The van der Waals surface area contributed by atoms with Crippen LogP contribution in [0.3, 0.4) is 0 Å². The van der Waals surface area contributed by atoms with Crippen molar-refractivity contribution in [1.82, 2.24) is 9.69 Å². The lowest BCUT2D eigenvalue weighted by atomic mass is 10.0. The van der Waals surface area contributed by atoms with Crippen LogP contribution in [0.4, 0.5) is 0 Å². The fraction of sp³-hybridized carbons (Fsp3) is 0.667. The first-order chi connectivity index (χ1) is 6.81. The molecule has 2 unspecified atom stereocenters. The first kappa shape index (κ1) is 9.89. The minimum atomic E-state index is -0.397. The maximum atomic E-state index is 10.0. The van der Waals surface area contributed by atoms with E-state index in [9.17, 15) is 5.11 Å². The molecule has 2 rings (SSSR count). The SMILES string of the molecule is COc1cc(C(O)C2CCNC2)sn1. The van der Waals surface area contributed by atoms with Gasteiger partial charge in [0.1, 0.15) is 0 Å². The fourth-order valence-corrected chi connectivity index (χ4v) is 2.46. The molecule has 1 saturated heterocycles. The van der Waals surface area contributed by atoms with E-state index in [1.807, 2.05) is 6.07 Å². The highest BCUT2D eigenvalue weighted by Crippen LogP contribution is 2.31. The summed E-state index contributed by atoms with van der Waals surface area (Å²) in [5.74, 6) is 0.912. The molecule has 78 valence electrons. The second-order valence-corrected chi connectivity index (χ2v) is 4.31. The Balaban J connectivity index is 2.05. The van der Waals surface area contributed by atoms with E-state index in [2.05, 4.69) is 9.69 Å². The van der Waals surface area contributed by atoms with Crippen LogP contribution >= 0.6 is 11.5 Å². The van der Waals surface area contributed by atoms with Crippen LogP contribution in [-0.2, 0) is 0 Å². The predicted molar refractivity (Wildman–Crippen MR) is 54.6 cm³/mol. The van der Waals surface area contributed by atoms with Crippen molar-refractivity contribution < 1.29 is 9.84 Å². The zero-order valence-electron chi connectivity index (χ0n) is 8.06. The second kappa shape index (κ2) is 4.25. The third-order valence-electron chi connectivity index (χ3n) is 2.55. The monoisotopic (exact) mass is 214 g/mol. The Kier molecular flexibility index (Phi) is 3.00. The third kappa shape index (κ3) is 1.89. The summed E-state index contributed by atoms with van der Waals surface area (Å²) in [6.45, 7) is 1.89.